The van der Waals surface area contributed by atoms with Crippen molar-refractivity contribution in [3.8, 4) is 0 Å². The number of fused-ring (bicyclic) bond motifs is 1. The first kappa shape index (κ1) is 18.4. The molecule has 7 nitrogen and oxygen atoms in total. The second-order valence-corrected chi connectivity index (χ2v) is 6.26. The van der Waals surface area contributed by atoms with Gasteiger partial charge in [0.05, 0.1) is 12.7 Å². The Kier molecular flexibility index (Phi) is 5.40. The molecule has 0 fully saturated rings. The molecule has 0 spiro atoms. The molecule has 0 saturated heterocycles. The fraction of sp³-hybridized carbons (Fsp3) is 0.250. The maximum absolute atomic E-state index is 12.7. The van der Waals surface area contributed by atoms with Crippen LogP contribution < -0.4 is 15.5 Å². The zero-order valence-corrected chi connectivity index (χ0v) is 15.2. The summed E-state index contributed by atoms with van der Waals surface area (Å²) in [5, 5.41) is 5.27. The molecule has 1 aliphatic rings. The summed E-state index contributed by atoms with van der Waals surface area (Å²) in [6.07, 6.45) is 0.807. The molecule has 3 rings (SSSR count). The van der Waals surface area contributed by atoms with E-state index in [1.165, 1.54) is 13.2 Å². The van der Waals surface area contributed by atoms with Crippen molar-refractivity contribution in [2.75, 3.05) is 23.9 Å². The molecule has 0 aromatic heterocycles. The molecule has 2 aromatic carbocycles. The average Bonchev–Trinajstić information content (AvgIpc) is 3.10. The maximum atomic E-state index is 12.7. The predicted octanol–water partition coefficient (Wildman–Crippen LogP) is 2.57. The molecule has 1 aliphatic heterocycles. The largest absolute Gasteiger partial charge is 0.465 e. The number of hydrogen-bond donors (Lipinski definition) is 2. The summed E-state index contributed by atoms with van der Waals surface area (Å²) >= 11 is 0. The summed E-state index contributed by atoms with van der Waals surface area (Å²) < 4.78 is 4.66. The zero-order chi connectivity index (χ0) is 19.4. The number of rotatable bonds is 4. The Hall–Kier alpha value is -3.35. The van der Waals surface area contributed by atoms with Gasteiger partial charge < -0.3 is 20.3 Å². The number of carbonyl (C=O) groups excluding carboxylic acids is 3. The highest BCUT2D eigenvalue weighted by Crippen LogP contribution is 2.27. The molecule has 1 unspecified atom stereocenters. The number of methoxy groups -OCH3 is 1. The SMILES string of the molecule is COC(=O)c1cccc(NC(=O)NC(C)C(=O)N2CCc3ccccc32)c1. The van der Waals surface area contributed by atoms with E-state index in [4.69, 9.17) is 0 Å². The fourth-order valence-corrected chi connectivity index (χ4v) is 3.07. The number of nitrogens with zero attached hydrogens (tertiary/aromatic N) is 1. The second kappa shape index (κ2) is 7.90. The lowest BCUT2D eigenvalue weighted by Gasteiger charge is -2.22. The molecule has 27 heavy (non-hydrogen) atoms. The highest BCUT2D eigenvalue weighted by molar-refractivity contribution is 6.02. The number of nitrogens with one attached hydrogen (secondary N) is 2. The van der Waals surface area contributed by atoms with Crippen molar-refractivity contribution in [3.05, 3.63) is 59.7 Å². The van der Waals surface area contributed by atoms with Crippen LogP contribution in [0.15, 0.2) is 48.5 Å². The van der Waals surface area contributed by atoms with Crippen molar-refractivity contribution in [2.24, 2.45) is 0 Å². The first-order chi connectivity index (χ1) is 13.0. The number of hydrogen-bond acceptors (Lipinski definition) is 4. The lowest BCUT2D eigenvalue weighted by atomic mass is 10.2. The van der Waals surface area contributed by atoms with E-state index in [-0.39, 0.29) is 5.91 Å². The number of urea groups is 1. The quantitative estimate of drug-likeness (QED) is 0.813. The summed E-state index contributed by atoms with van der Waals surface area (Å²) in [5.41, 5.74) is 2.78. The summed E-state index contributed by atoms with van der Waals surface area (Å²) in [7, 11) is 1.29. The van der Waals surface area contributed by atoms with Crippen molar-refractivity contribution in [3.63, 3.8) is 0 Å². The monoisotopic (exact) mass is 367 g/mol. The third-order valence-electron chi connectivity index (χ3n) is 4.41. The molecular formula is C20H21N3O4. The summed E-state index contributed by atoms with van der Waals surface area (Å²) in [6.45, 7) is 2.25. The Bertz CT molecular complexity index is 881. The van der Waals surface area contributed by atoms with Crippen molar-refractivity contribution in [1.82, 2.24) is 5.32 Å². The molecule has 0 radical (unpaired) electrons. The van der Waals surface area contributed by atoms with E-state index in [0.29, 0.717) is 17.8 Å². The van der Waals surface area contributed by atoms with Gasteiger partial charge in [-0.2, -0.15) is 0 Å². The number of para-hydroxylation sites is 1. The van der Waals surface area contributed by atoms with Gasteiger partial charge in [0.15, 0.2) is 0 Å². The Labute approximate surface area is 157 Å². The van der Waals surface area contributed by atoms with Gasteiger partial charge in [0.25, 0.3) is 0 Å². The molecule has 2 aromatic rings. The van der Waals surface area contributed by atoms with Crippen molar-refractivity contribution in [1.29, 1.82) is 0 Å². The van der Waals surface area contributed by atoms with E-state index < -0.39 is 18.0 Å². The van der Waals surface area contributed by atoms with Gasteiger partial charge in [-0.1, -0.05) is 24.3 Å². The van der Waals surface area contributed by atoms with Crippen LogP contribution in [0.3, 0.4) is 0 Å². The van der Waals surface area contributed by atoms with Gasteiger partial charge in [0.1, 0.15) is 6.04 Å². The molecule has 0 saturated carbocycles. The highest BCUT2D eigenvalue weighted by Gasteiger charge is 2.28. The van der Waals surface area contributed by atoms with E-state index >= 15 is 0 Å². The van der Waals surface area contributed by atoms with Crippen LogP contribution in [0.25, 0.3) is 0 Å². The number of amides is 3. The molecule has 0 bridgehead atoms. The van der Waals surface area contributed by atoms with Gasteiger partial charge in [-0.25, -0.2) is 9.59 Å². The smallest absolute Gasteiger partial charge is 0.337 e. The minimum Gasteiger partial charge on any atom is -0.465 e. The highest BCUT2D eigenvalue weighted by atomic mass is 16.5. The molecule has 1 atom stereocenters. The van der Waals surface area contributed by atoms with Crippen molar-refractivity contribution >= 4 is 29.3 Å². The third kappa shape index (κ3) is 4.08. The van der Waals surface area contributed by atoms with Gasteiger partial charge in [-0.05, 0) is 43.2 Å². The zero-order valence-electron chi connectivity index (χ0n) is 15.2. The lowest BCUT2D eigenvalue weighted by molar-refractivity contribution is -0.119. The molecular weight excluding hydrogens is 346 g/mol. The second-order valence-electron chi connectivity index (χ2n) is 6.26. The van der Waals surface area contributed by atoms with Crippen LogP contribution in [0, 0.1) is 0 Å². The number of esters is 1. The molecule has 0 aliphatic carbocycles. The normalized spacial score (nSPS) is 13.5. The van der Waals surface area contributed by atoms with Gasteiger partial charge in [-0.15, -0.1) is 0 Å². The molecule has 7 heteroatoms. The van der Waals surface area contributed by atoms with Gasteiger partial charge in [0.2, 0.25) is 5.91 Å². The average molecular weight is 367 g/mol. The number of anilines is 2. The predicted molar refractivity (Wildman–Crippen MR) is 102 cm³/mol. The first-order valence-corrected chi connectivity index (χ1v) is 8.65. The first-order valence-electron chi connectivity index (χ1n) is 8.65. The minimum atomic E-state index is -0.694. The summed E-state index contributed by atoms with van der Waals surface area (Å²) in [5.74, 6) is -0.659. The summed E-state index contributed by atoms with van der Waals surface area (Å²) in [6, 6.07) is 12.9. The van der Waals surface area contributed by atoms with Crippen LogP contribution in [0.5, 0.6) is 0 Å². The Morgan fingerprint density at radius 3 is 2.67 bits per heavy atom. The Morgan fingerprint density at radius 2 is 1.89 bits per heavy atom. The van der Waals surface area contributed by atoms with E-state index in [0.717, 1.165) is 17.7 Å². The molecule has 3 amide bonds. The maximum Gasteiger partial charge on any atom is 0.337 e. The van der Waals surface area contributed by atoms with Gasteiger partial charge in [0, 0.05) is 17.9 Å². The number of ether oxygens (including phenoxy) is 1. The van der Waals surface area contributed by atoms with Crippen molar-refractivity contribution < 1.29 is 19.1 Å². The Morgan fingerprint density at radius 1 is 1.11 bits per heavy atom. The number of carbonyl (C=O) groups is 3. The van der Waals surface area contributed by atoms with E-state index in [1.807, 2.05) is 24.3 Å². The molecule has 2 N–H and O–H groups in total. The third-order valence-corrected chi connectivity index (χ3v) is 4.41. The Balaban J connectivity index is 1.61. The van der Waals surface area contributed by atoms with Crippen molar-refractivity contribution in [2.45, 2.75) is 19.4 Å². The van der Waals surface area contributed by atoms with Crippen LogP contribution in [-0.4, -0.2) is 37.6 Å². The van der Waals surface area contributed by atoms with E-state index in [9.17, 15) is 14.4 Å². The van der Waals surface area contributed by atoms with Crippen LogP contribution in [0.2, 0.25) is 0 Å². The molecule has 140 valence electrons. The minimum absolute atomic E-state index is 0.168. The van der Waals surface area contributed by atoms with Crippen LogP contribution in [0.1, 0.15) is 22.8 Å². The fourth-order valence-electron chi connectivity index (χ4n) is 3.07. The van der Waals surface area contributed by atoms with Gasteiger partial charge in [-0.3, -0.25) is 4.79 Å². The molecule has 1 heterocycles. The number of benzene rings is 2. The van der Waals surface area contributed by atoms with Crippen LogP contribution >= 0.6 is 0 Å². The van der Waals surface area contributed by atoms with E-state index in [2.05, 4.69) is 15.4 Å². The van der Waals surface area contributed by atoms with E-state index in [1.54, 1.807) is 30.0 Å². The lowest BCUT2D eigenvalue weighted by Crippen LogP contribution is -2.47. The van der Waals surface area contributed by atoms with Gasteiger partial charge >= 0.3 is 12.0 Å². The topological polar surface area (TPSA) is 87.7 Å². The standard InChI is InChI=1S/C20H21N3O4/c1-13(18(24)23-11-10-14-6-3-4-9-17(14)23)21-20(26)22-16-8-5-7-15(12-16)19(25)27-2/h3-9,12-13H,10-11H2,1-2H3,(H2,21,22,26). The van der Waals surface area contributed by atoms with Crippen LogP contribution in [-0.2, 0) is 16.0 Å². The summed E-state index contributed by atoms with van der Waals surface area (Å²) in [4.78, 5) is 38.2. The van der Waals surface area contributed by atoms with Crippen LogP contribution in [0.4, 0.5) is 16.2 Å².